The van der Waals surface area contributed by atoms with Crippen LogP contribution >= 0.6 is 0 Å². The van der Waals surface area contributed by atoms with Crippen molar-refractivity contribution in [3.63, 3.8) is 0 Å². The number of carbonyl (C=O) groups excluding carboxylic acids is 2. The number of aryl methyl sites for hydroxylation is 1. The van der Waals surface area contributed by atoms with E-state index in [9.17, 15) is 14.7 Å². The van der Waals surface area contributed by atoms with Crippen LogP contribution in [0.5, 0.6) is 17.2 Å². The average molecular weight is 573 g/mol. The molecule has 1 fully saturated rings. The summed E-state index contributed by atoms with van der Waals surface area (Å²) in [4.78, 5) is 30.7. The van der Waals surface area contributed by atoms with Gasteiger partial charge < -0.3 is 29.1 Å². The van der Waals surface area contributed by atoms with Crippen molar-refractivity contribution >= 4 is 17.4 Å². The number of aliphatic hydroxyl groups excluding tert-OH is 1. The molecule has 4 rings (SSSR count). The minimum absolute atomic E-state index is 0.0480. The van der Waals surface area contributed by atoms with Crippen molar-refractivity contribution in [2.45, 2.75) is 40.3 Å². The van der Waals surface area contributed by atoms with Crippen LogP contribution in [0.2, 0.25) is 0 Å². The molecule has 1 aliphatic rings. The fourth-order valence-electron chi connectivity index (χ4n) is 5.25. The molecule has 3 aromatic rings. The van der Waals surface area contributed by atoms with Gasteiger partial charge >= 0.3 is 0 Å². The first-order valence-electron chi connectivity index (χ1n) is 14.4. The number of likely N-dealkylation sites (N-methyl/N-ethyl adjacent to an activating group) is 1. The third-order valence-corrected chi connectivity index (χ3v) is 7.60. The van der Waals surface area contributed by atoms with Gasteiger partial charge in [0.15, 0.2) is 11.5 Å². The normalized spacial score (nSPS) is 16.2. The Bertz CT molecular complexity index is 1430. The number of ether oxygens (including phenoxy) is 3. The minimum atomic E-state index is -0.793. The molecule has 42 heavy (non-hydrogen) atoms. The molecule has 1 amide bonds. The second kappa shape index (κ2) is 14.0. The summed E-state index contributed by atoms with van der Waals surface area (Å²) >= 11 is 0. The summed E-state index contributed by atoms with van der Waals surface area (Å²) in [6, 6.07) is 19.7. The molecular weight excluding hydrogens is 532 g/mol. The summed E-state index contributed by atoms with van der Waals surface area (Å²) in [5.41, 5.74) is 2.92. The molecule has 0 aliphatic carbocycles. The number of methoxy groups -OCH3 is 1. The van der Waals surface area contributed by atoms with E-state index in [4.69, 9.17) is 14.2 Å². The molecule has 0 unspecified atom stereocenters. The molecule has 3 aromatic carbocycles. The zero-order valence-electron chi connectivity index (χ0n) is 25.1. The van der Waals surface area contributed by atoms with Crippen molar-refractivity contribution in [2.75, 3.05) is 39.9 Å². The predicted octanol–water partition coefficient (Wildman–Crippen LogP) is 5.74. The number of benzene rings is 3. The molecule has 1 N–H and O–H groups in total. The van der Waals surface area contributed by atoms with Crippen molar-refractivity contribution in [3.8, 4) is 17.2 Å². The van der Waals surface area contributed by atoms with Crippen LogP contribution in [0, 0.1) is 6.92 Å². The summed E-state index contributed by atoms with van der Waals surface area (Å²) in [5, 5.41) is 11.6. The van der Waals surface area contributed by atoms with Gasteiger partial charge in [0, 0.05) is 18.7 Å². The monoisotopic (exact) mass is 572 g/mol. The van der Waals surface area contributed by atoms with Crippen LogP contribution in [0.25, 0.3) is 5.76 Å². The zero-order chi connectivity index (χ0) is 30.2. The van der Waals surface area contributed by atoms with Gasteiger partial charge in [0.2, 0.25) is 0 Å². The second-order valence-electron chi connectivity index (χ2n) is 10.1. The molecule has 8 heteroatoms. The Labute approximate surface area is 248 Å². The number of amides is 1. The highest BCUT2D eigenvalue weighted by Gasteiger charge is 2.46. The topological polar surface area (TPSA) is 88.5 Å². The van der Waals surface area contributed by atoms with Gasteiger partial charge in [-0.25, -0.2) is 0 Å². The Balaban J connectivity index is 1.74. The average Bonchev–Trinajstić information content (AvgIpc) is 3.26. The van der Waals surface area contributed by atoms with Crippen LogP contribution < -0.4 is 14.2 Å². The van der Waals surface area contributed by atoms with Gasteiger partial charge in [0.25, 0.3) is 11.7 Å². The number of likely N-dealkylation sites (tertiary alicyclic amines) is 1. The smallest absolute Gasteiger partial charge is 0.295 e. The Kier molecular flexibility index (Phi) is 10.3. The fourth-order valence-corrected chi connectivity index (χ4v) is 5.25. The molecule has 1 heterocycles. The first kappa shape index (κ1) is 30.7. The fraction of sp³-hybridized carbons (Fsp3) is 0.353. The lowest BCUT2D eigenvalue weighted by molar-refractivity contribution is -0.140. The second-order valence-corrected chi connectivity index (χ2v) is 10.1. The van der Waals surface area contributed by atoms with Crippen molar-refractivity contribution in [2.24, 2.45) is 0 Å². The molecule has 0 aromatic heterocycles. The van der Waals surface area contributed by atoms with Crippen molar-refractivity contribution < 1.29 is 28.9 Å². The highest BCUT2D eigenvalue weighted by atomic mass is 16.5. The largest absolute Gasteiger partial charge is 0.507 e. The quantitative estimate of drug-likeness (QED) is 0.159. The van der Waals surface area contributed by atoms with Crippen LogP contribution in [-0.2, 0) is 16.2 Å². The zero-order valence-corrected chi connectivity index (χ0v) is 25.1. The van der Waals surface area contributed by atoms with E-state index in [-0.39, 0.29) is 11.3 Å². The van der Waals surface area contributed by atoms with E-state index in [0.29, 0.717) is 54.7 Å². The molecule has 0 bridgehead atoms. The lowest BCUT2D eigenvalue weighted by Crippen LogP contribution is -2.38. The highest BCUT2D eigenvalue weighted by molar-refractivity contribution is 6.46. The van der Waals surface area contributed by atoms with Crippen LogP contribution in [-0.4, -0.2) is 66.5 Å². The number of rotatable bonds is 13. The van der Waals surface area contributed by atoms with E-state index in [1.54, 1.807) is 36.3 Å². The Morgan fingerprint density at radius 1 is 0.929 bits per heavy atom. The highest BCUT2D eigenvalue weighted by Crippen LogP contribution is 2.42. The summed E-state index contributed by atoms with van der Waals surface area (Å²) in [6.45, 7) is 11.3. The van der Waals surface area contributed by atoms with Crippen LogP contribution in [0.4, 0.5) is 0 Å². The number of hydrogen-bond donors (Lipinski definition) is 1. The maximum Gasteiger partial charge on any atom is 0.295 e. The van der Waals surface area contributed by atoms with E-state index in [0.717, 1.165) is 24.2 Å². The third kappa shape index (κ3) is 6.60. The van der Waals surface area contributed by atoms with Crippen LogP contribution in [0.15, 0.2) is 72.3 Å². The molecule has 0 spiro atoms. The van der Waals surface area contributed by atoms with Gasteiger partial charge in [-0.3, -0.25) is 9.59 Å². The van der Waals surface area contributed by atoms with Crippen molar-refractivity contribution in [3.05, 3.63) is 94.6 Å². The van der Waals surface area contributed by atoms with Crippen LogP contribution in [0.3, 0.4) is 0 Å². The summed E-state index contributed by atoms with van der Waals surface area (Å²) in [6.07, 6.45) is 0. The van der Waals surface area contributed by atoms with E-state index in [2.05, 4.69) is 18.7 Å². The maximum absolute atomic E-state index is 13.6. The molecule has 0 saturated carbocycles. The van der Waals surface area contributed by atoms with Gasteiger partial charge in [-0.05, 0) is 74.0 Å². The third-order valence-electron chi connectivity index (χ3n) is 7.60. The lowest BCUT2D eigenvalue weighted by atomic mass is 9.93. The minimum Gasteiger partial charge on any atom is -0.507 e. The van der Waals surface area contributed by atoms with Gasteiger partial charge in [-0.1, -0.05) is 50.2 Å². The molecular formula is C34H40N2O6. The maximum atomic E-state index is 13.6. The van der Waals surface area contributed by atoms with Crippen molar-refractivity contribution in [1.82, 2.24) is 9.80 Å². The Morgan fingerprint density at radius 2 is 1.67 bits per heavy atom. The molecule has 0 radical (unpaired) electrons. The summed E-state index contributed by atoms with van der Waals surface area (Å²) in [7, 11) is 1.55. The van der Waals surface area contributed by atoms with E-state index in [1.165, 1.54) is 0 Å². The van der Waals surface area contributed by atoms with E-state index in [1.807, 2.05) is 56.3 Å². The molecule has 8 nitrogen and oxygen atoms in total. The lowest BCUT2D eigenvalue weighted by Gasteiger charge is -2.28. The van der Waals surface area contributed by atoms with E-state index >= 15 is 0 Å². The number of ketones is 1. The van der Waals surface area contributed by atoms with Crippen LogP contribution in [0.1, 0.15) is 49.1 Å². The standard InChI is InChI=1S/C34H40N2O6/c1-6-35(7-2)18-19-36-31(25-14-17-28(41-8-3)29(21-25)40-5)30(33(38)34(36)39)32(37)27-16-15-26(20-23(27)4)42-22-24-12-10-9-11-13-24/h9-17,20-21,31,37H,6-8,18-19,22H2,1-5H3/b32-30+/t31-/m1/s1. The van der Waals surface area contributed by atoms with Crippen molar-refractivity contribution in [1.29, 1.82) is 0 Å². The molecule has 222 valence electrons. The molecule has 1 atom stereocenters. The summed E-state index contributed by atoms with van der Waals surface area (Å²) in [5.74, 6) is 0.116. The number of nitrogens with zero attached hydrogens (tertiary/aromatic N) is 2. The number of Topliss-reactive ketones (excluding diaryl/α,β-unsaturated/α-hetero) is 1. The number of carbonyl (C=O) groups is 2. The van der Waals surface area contributed by atoms with E-state index < -0.39 is 17.7 Å². The molecule has 1 aliphatic heterocycles. The number of aliphatic hydroxyl groups is 1. The first-order chi connectivity index (χ1) is 20.3. The number of hydrogen-bond acceptors (Lipinski definition) is 7. The summed E-state index contributed by atoms with van der Waals surface area (Å²) < 4.78 is 17.2. The first-order valence-corrected chi connectivity index (χ1v) is 14.4. The van der Waals surface area contributed by atoms with Gasteiger partial charge in [-0.2, -0.15) is 0 Å². The Morgan fingerprint density at radius 3 is 2.31 bits per heavy atom. The Hall–Kier alpha value is -4.30. The van der Waals surface area contributed by atoms with Gasteiger partial charge in [0.1, 0.15) is 18.1 Å². The van der Waals surface area contributed by atoms with Gasteiger partial charge in [0.05, 0.1) is 25.3 Å². The molecule has 1 saturated heterocycles. The SMILES string of the molecule is CCOc1ccc([C@@H]2/C(=C(\O)c3ccc(OCc4ccccc4)cc3C)C(=O)C(=O)N2CCN(CC)CC)cc1OC. The predicted molar refractivity (Wildman–Crippen MR) is 163 cm³/mol. The van der Waals surface area contributed by atoms with Gasteiger partial charge in [-0.15, -0.1) is 0 Å².